The number of nitrogens with one attached hydrogen (secondary N) is 1. The molecule has 2 atom stereocenters. The number of allylic oxidation sites excluding steroid dienone is 6. The summed E-state index contributed by atoms with van der Waals surface area (Å²) in [5.74, 6) is -2.84. The lowest BCUT2D eigenvalue weighted by molar-refractivity contribution is -0.0884. The number of anilines is 1. The molecule has 2 aromatic rings. The summed E-state index contributed by atoms with van der Waals surface area (Å²) in [7, 11) is 0. The minimum absolute atomic E-state index is 0.166. The molecule has 0 spiro atoms. The molecule has 42 heavy (non-hydrogen) atoms. The third-order valence-corrected chi connectivity index (χ3v) is 7.53. The van der Waals surface area contributed by atoms with Crippen LogP contribution in [0.3, 0.4) is 0 Å². The van der Waals surface area contributed by atoms with Crippen molar-refractivity contribution in [1.82, 2.24) is 10.3 Å². The lowest BCUT2D eigenvalue weighted by Gasteiger charge is -2.33. The first-order chi connectivity index (χ1) is 19.9. The second-order valence-corrected chi connectivity index (χ2v) is 11.1. The highest BCUT2D eigenvalue weighted by molar-refractivity contribution is 6.02. The predicted molar refractivity (Wildman–Crippen MR) is 156 cm³/mol. The number of carbonyl (C=O) groups is 1. The zero-order valence-electron chi connectivity index (χ0n) is 23.9. The summed E-state index contributed by atoms with van der Waals surface area (Å²) in [5, 5.41) is 2.99. The SMILES string of the molecule is C=CCC(F)(F)c1ccccc1-c1ccc(C(=O)CNC2=CC(C)CC=C(C(F)(F)F)C=C2)c(N2CCCC(C)C2)n1. The van der Waals surface area contributed by atoms with E-state index in [1.54, 1.807) is 36.4 Å². The molecule has 1 aromatic carbocycles. The van der Waals surface area contributed by atoms with Crippen LogP contribution in [0.15, 0.2) is 84.6 Å². The molecule has 224 valence electrons. The van der Waals surface area contributed by atoms with Gasteiger partial charge in [0.25, 0.3) is 5.92 Å². The summed E-state index contributed by atoms with van der Waals surface area (Å²) in [5.41, 5.74) is 0.462. The van der Waals surface area contributed by atoms with Gasteiger partial charge in [0.15, 0.2) is 5.78 Å². The van der Waals surface area contributed by atoms with E-state index < -0.39 is 24.1 Å². The largest absolute Gasteiger partial charge is 0.416 e. The van der Waals surface area contributed by atoms with Crippen LogP contribution in [0.2, 0.25) is 0 Å². The van der Waals surface area contributed by atoms with Crippen LogP contribution < -0.4 is 10.2 Å². The molecule has 9 heteroatoms. The van der Waals surface area contributed by atoms with Crippen molar-refractivity contribution in [3.63, 3.8) is 0 Å². The van der Waals surface area contributed by atoms with E-state index >= 15 is 8.78 Å². The van der Waals surface area contributed by atoms with Gasteiger partial charge in [0.1, 0.15) is 5.82 Å². The van der Waals surface area contributed by atoms with Crippen LogP contribution in [0.4, 0.5) is 27.8 Å². The number of piperidine rings is 1. The summed E-state index contributed by atoms with van der Waals surface area (Å²) in [6.07, 6.45) is 3.65. The maximum absolute atomic E-state index is 15.0. The second kappa shape index (κ2) is 13.0. The van der Waals surface area contributed by atoms with E-state index in [9.17, 15) is 18.0 Å². The van der Waals surface area contributed by atoms with Crippen LogP contribution in [0, 0.1) is 11.8 Å². The third kappa shape index (κ3) is 7.55. The van der Waals surface area contributed by atoms with E-state index in [2.05, 4.69) is 18.8 Å². The van der Waals surface area contributed by atoms with Crippen LogP contribution in [-0.2, 0) is 5.92 Å². The molecule has 2 unspecified atom stereocenters. The fourth-order valence-corrected chi connectivity index (χ4v) is 5.35. The zero-order valence-corrected chi connectivity index (χ0v) is 23.9. The fourth-order valence-electron chi connectivity index (χ4n) is 5.35. The molecule has 0 amide bonds. The Morgan fingerprint density at radius 2 is 1.88 bits per heavy atom. The monoisotopic (exact) mass is 585 g/mol. The van der Waals surface area contributed by atoms with Crippen molar-refractivity contribution in [1.29, 1.82) is 0 Å². The molecule has 2 heterocycles. The number of benzene rings is 1. The Morgan fingerprint density at radius 3 is 2.60 bits per heavy atom. The molecule has 0 radical (unpaired) electrons. The highest BCUT2D eigenvalue weighted by Gasteiger charge is 2.34. The molecule has 4 rings (SSSR count). The average Bonchev–Trinajstić information content (AvgIpc) is 2.93. The number of hydrogen-bond acceptors (Lipinski definition) is 4. The van der Waals surface area contributed by atoms with E-state index in [4.69, 9.17) is 4.98 Å². The van der Waals surface area contributed by atoms with E-state index in [0.717, 1.165) is 18.9 Å². The molecule has 1 saturated heterocycles. The van der Waals surface area contributed by atoms with Gasteiger partial charge in [-0.25, -0.2) is 13.8 Å². The number of Topliss-reactive ketones (excluding diaryl/α,β-unsaturated/α-hetero) is 1. The van der Waals surface area contributed by atoms with Gasteiger partial charge in [-0.1, -0.05) is 56.3 Å². The normalized spacial score (nSPS) is 19.8. The summed E-state index contributed by atoms with van der Waals surface area (Å²) >= 11 is 0. The smallest absolute Gasteiger partial charge is 0.378 e. The van der Waals surface area contributed by atoms with Gasteiger partial charge in [-0.3, -0.25) is 4.79 Å². The number of aromatic nitrogens is 1. The molecule has 1 aliphatic heterocycles. The number of hydrogen-bond donors (Lipinski definition) is 1. The van der Waals surface area contributed by atoms with Gasteiger partial charge in [-0.15, -0.1) is 6.58 Å². The number of carbonyl (C=O) groups excluding carboxylic acids is 1. The summed E-state index contributed by atoms with van der Waals surface area (Å²) in [4.78, 5) is 20.4. The van der Waals surface area contributed by atoms with Crippen LogP contribution in [0.5, 0.6) is 0 Å². The molecular weight excluding hydrogens is 549 g/mol. The average molecular weight is 586 g/mol. The first-order valence-corrected chi connectivity index (χ1v) is 14.2. The van der Waals surface area contributed by atoms with Crippen molar-refractivity contribution < 1.29 is 26.7 Å². The number of alkyl halides is 5. The Balaban J connectivity index is 1.66. The topological polar surface area (TPSA) is 45.2 Å². The molecular formula is C33H36F5N3O. The number of ketones is 1. The van der Waals surface area contributed by atoms with Gasteiger partial charge in [0, 0.05) is 36.3 Å². The quantitative estimate of drug-likeness (QED) is 0.182. The van der Waals surface area contributed by atoms with Crippen molar-refractivity contribution in [3.8, 4) is 11.3 Å². The second-order valence-electron chi connectivity index (χ2n) is 11.1. The molecule has 1 fully saturated rings. The Hall–Kier alpha value is -3.75. The minimum atomic E-state index is -4.46. The van der Waals surface area contributed by atoms with E-state index in [0.29, 0.717) is 41.8 Å². The Labute approximate surface area is 243 Å². The van der Waals surface area contributed by atoms with Crippen molar-refractivity contribution in [2.75, 3.05) is 24.5 Å². The maximum atomic E-state index is 15.0. The Kier molecular flexibility index (Phi) is 9.69. The van der Waals surface area contributed by atoms with Gasteiger partial charge in [0.2, 0.25) is 0 Å². The third-order valence-electron chi connectivity index (χ3n) is 7.53. The van der Waals surface area contributed by atoms with E-state index in [1.165, 1.54) is 24.3 Å². The van der Waals surface area contributed by atoms with Gasteiger partial charge in [0.05, 0.1) is 23.4 Å². The highest BCUT2D eigenvalue weighted by atomic mass is 19.4. The first-order valence-electron chi connectivity index (χ1n) is 14.2. The molecule has 1 aromatic heterocycles. The van der Waals surface area contributed by atoms with Gasteiger partial charge in [-0.2, -0.15) is 13.2 Å². The van der Waals surface area contributed by atoms with Crippen molar-refractivity contribution in [2.45, 2.75) is 51.6 Å². The number of halogens is 5. The number of rotatable bonds is 9. The lowest BCUT2D eigenvalue weighted by atomic mass is 9.95. The summed E-state index contributed by atoms with van der Waals surface area (Å²) in [6, 6.07) is 9.39. The van der Waals surface area contributed by atoms with E-state index in [-0.39, 0.29) is 35.8 Å². The van der Waals surface area contributed by atoms with Crippen molar-refractivity contribution in [3.05, 3.63) is 95.8 Å². The molecule has 4 nitrogen and oxygen atoms in total. The molecule has 1 N–H and O–H groups in total. The molecule has 1 aliphatic carbocycles. The van der Waals surface area contributed by atoms with Gasteiger partial charge in [-0.05, 0) is 55.4 Å². The van der Waals surface area contributed by atoms with Crippen molar-refractivity contribution in [2.24, 2.45) is 11.8 Å². The fraction of sp³-hybridized carbons (Fsp3) is 0.394. The van der Waals surface area contributed by atoms with Crippen LogP contribution in [-0.4, -0.2) is 36.6 Å². The lowest BCUT2D eigenvalue weighted by Crippen LogP contribution is -2.36. The maximum Gasteiger partial charge on any atom is 0.416 e. The number of pyridine rings is 1. The molecule has 0 saturated carbocycles. The van der Waals surface area contributed by atoms with Gasteiger partial charge >= 0.3 is 6.18 Å². The summed E-state index contributed by atoms with van der Waals surface area (Å²) in [6.45, 7) is 8.54. The Bertz CT molecular complexity index is 1390. The van der Waals surface area contributed by atoms with Crippen molar-refractivity contribution >= 4 is 11.6 Å². The Morgan fingerprint density at radius 1 is 1.12 bits per heavy atom. The van der Waals surface area contributed by atoms with Crippen LogP contribution >= 0.6 is 0 Å². The van der Waals surface area contributed by atoms with Crippen LogP contribution in [0.25, 0.3) is 11.3 Å². The summed E-state index contributed by atoms with van der Waals surface area (Å²) < 4.78 is 69.9. The number of nitrogens with zero attached hydrogens (tertiary/aromatic N) is 2. The molecule has 0 bridgehead atoms. The van der Waals surface area contributed by atoms with E-state index in [1.807, 2.05) is 11.8 Å². The standard InChI is InChI=1S/C33H36F5N3O/c1-4-17-32(34,35)28-10-6-5-9-26(28)29-16-15-27(31(40-29)41-18-7-8-23(3)21-41)30(42)20-39-25-14-13-24(33(36,37)38)12-11-22(2)19-25/h4-6,9-10,12-16,19,22-23,39H,1,7-8,11,17-18,20-21H2,2-3H3. The molecule has 2 aliphatic rings. The zero-order chi connectivity index (χ0) is 30.5. The van der Waals surface area contributed by atoms with Gasteiger partial charge < -0.3 is 10.2 Å². The predicted octanol–water partition coefficient (Wildman–Crippen LogP) is 8.39. The minimum Gasteiger partial charge on any atom is -0.378 e. The van der Waals surface area contributed by atoms with Crippen LogP contribution in [0.1, 0.15) is 55.5 Å². The highest BCUT2D eigenvalue weighted by Crippen LogP contribution is 2.39. The first kappa shape index (κ1) is 31.2.